The minimum absolute atomic E-state index is 0.722. The summed E-state index contributed by atoms with van der Waals surface area (Å²) in [7, 11) is 0. The van der Waals surface area contributed by atoms with E-state index in [1.54, 1.807) is 0 Å². The second-order valence-corrected chi connectivity index (χ2v) is 2.61. The number of hydrogen-bond donors (Lipinski definition) is 0. The van der Waals surface area contributed by atoms with Crippen LogP contribution in [-0.2, 0) is 0 Å². The molecule has 0 aromatic rings. The van der Waals surface area contributed by atoms with Crippen molar-refractivity contribution in [1.29, 1.82) is 0 Å². The molecule has 1 heteroatoms. The highest BCUT2D eigenvalue weighted by atomic mass is 14.6. The van der Waals surface area contributed by atoms with Crippen molar-refractivity contribution in [2.75, 3.05) is 0 Å². The van der Waals surface area contributed by atoms with Gasteiger partial charge in [0.25, 0.3) is 0 Å². The topological polar surface area (TPSA) is 4.36 Å². The van der Waals surface area contributed by atoms with E-state index in [1.807, 2.05) is 42.5 Å². The predicted octanol–water partition coefficient (Wildman–Crippen LogP) is 3.34. The summed E-state index contributed by atoms with van der Waals surface area (Å²) in [5.74, 6) is 0. The molecule has 0 unspecified atom stereocenters. The fourth-order valence-corrected chi connectivity index (χ4v) is 1.31. The second-order valence-electron chi connectivity index (χ2n) is 2.61. The fraction of sp³-hybridized carbons (Fsp3) is 0. The van der Waals surface area contributed by atoms with Crippen LogP contribution in [0.5, 0.6) is 0 Å². The average Bonchev–Trinajstić information content (AvgIpc) is 2.46. The third-order valence-corrected chi connectivity index (χ3v) is 1.89. The van der Waals surface area contributed by atoms with Crippen molar-refractivity contribution in [2.24, 2.45) is 0 Å². The van der Waals surface area contributed by atoms with Gasteiger partial charge in [-0.1, -0.05) is 42.5 Å². The Morgan fingerprint density at radius 3 is 2.50 bits per heavy atom. The van der Waals surface area contributed by atoms with Gasteiger partial charge in [0.15, 0.2) is 5.69 Å². The van der Waals surface area contributed by atoms with E-state index in [-0.39, 0.29) is 0 Å². The number of fused-ring (bicyclic) bond motifs is 1. The van der Waals surface area contributed by atoms with Crippen LogP contribution < -0.4 is 0 Å². The first-order valence-electron chi connectivity index (χ1n) is 3.77. The smallest absolute Gasteiger partial charge is 0.194 e. The van der Waals surface area contributed by atoms with Gasteiger partial charge in [-0.05, 0) is 11.1 Å². The van der Waals surface area contributed by atoms with Crippen LogP contribution in [-0.4, -0.2) is 0 Å². The van der Waals surface area contributed by atoms with Gasteiger partial charge >= 0.3 is 0 Å². The molecule has 0 aromatic heterocycles. The van der Waals surface area contributed by atoms with Crippen molar-refractivity contribution in [2.45, 2.75) is 0 Å². The minimum atomic E-state index is 0.722. The first-order valence-corrected chi connectivity index (χ1v) is 3.77. The van der Waals surface area contributed by atoms with Gasteiger partial charge in [0.05, 0.1) is 6.57 Å². The van der Waals surface area contributed by atoms with Crippen LogP contribution in [0.15, 0.2) is 42.5 Å². The molecule has 0 aliphatic heterocycles. The van der Waals surface area contributed by atoms with E-state index in [9.17, 15) is 0 Å². The first-order chi connectivity index (χ1) is 5.92. The SMILES string of the molecule is [C-]#[N+]c1ccccc2cccc1-2. The molecule has 0 saturated heterocycles. The lowest BCUT2D eigenvalue weighted by atomic mass is 10.2. The monoisotopic (exact) mass is 153 g/mol. The molecule has 0 atom stereocenters. The van der Waals surface area contributed by atoms with Gasteiger partial charge < -0.3 is 0 Å². The van der Waals surface area contributed by atoms with E-state index >= 15 is 0 Å². The predicted molar refractivity (Wildman–Crippen MR) is 49.3 cm³/mol. The van der Waals surface area contributed by atoms with Crippen LogP contribution >= 0.6 is 0 Å². The van der Waals surface area contributed by atoms with Crippen molar-refractivity contribution in [3.63, 3.8) is 0 Å². The van der Waals surface area contributed by atoms with Gasteiger partial charge in [-0.25, -0.2) is 4.85 Å². The molecule has 0 saturated carbocycles. The Bertz CT molecular complexity index is 412. The van der Waals surface area contributed by atoms with E-state index in [2.05, 4.69) is 4.85 Å². The molecule has 2 aliphatic rings. The number of nitrogens with zero attached hydrogens (tertiary/aromatic N) is 1. The van der Waals surface area contributed by atoms with Crippen LogP contribution in [0.2, 0.25) is 0 Å². The van der Waals surface area contributed by atoms with E-state index in [0.29, 0.717) is 0 Å². The molecule has 0 radical (unpaired) electrons. The van der Waals surface area contributed by atoms with Crippen molar-refractivity contribution in [1.82, 2.24) is 0 Å². The van der Waals surface area contributed by atoms with Crippen LogP contribution in [0.4, 0.5) is 5.69 Å². The van der Waals surface area contributed by atoms with Gasteiger partial charge in [0.1, 0.15) is 0 Å². The maximum absolute atomic E-state index is 6.97. The third-order valence-electron chi connectivity index (χ3n) is 1.89. The summed E-state index contributed by atoms with van der Waals surface area (Å²) in [4.78, 5) is 3.46. The molecular formula is C11H7N. The molecule has 2 rings (SSSR count). The Hall–Kier alpha value is -1.81. The highest BCUT2D eigenvalue weighted by Gasteiger charge is 2.03. The standard InChI is InChI=1S/C11H7N/c1-12-11-8-3-2-5-9-6-4-7-10(9)11/h2-8H. The molecule has 0 heterocycles. The van der Waals surface area contributed by atoms with Gasteiger partial charge in [0.2, 0.25) is 0 Å². The van der Waals surface area contributed by atoms with Gasteiger partial charge in [-0.3, -0.25) is 0 Å². The van der Waals surface area contributed by atoms with Crippen molar-refractivity contribution in [3.8, 4) is 11.1 Å². The highest BCUT2D eigenvalue weighted by molar-refractivity contribution is 5.79. The van der Waals surface area contributed by atoms with E-state index in [4.69, 9.17) is 6.57 Å². The molecule has 0 N–H and O–H groups in total. The molecule has 0 bridgehead atoms. The zero-order valence-corrected chi connectivity index (χ0v) is 6.49. The Kier molecular flexibility index (Phi) is 1.53. The quantitative estimate of drug-likeness (QED) is 0.511. The summed E-state index contributed by atoms with van der Waals surface area (Å²) < 4.78 is 0. The largest absolute Gasteiger partial charge is 0.238 e. The summed E-state index contributed by atoms with van der Waals surface area (Å²) in [6, 6.07) is 13.7. The average molecular weight is 153 g/mol. The molecule has 56 valence electrons. The third kappa shape index (κ3) is 0.943. The summed E-state index contributed by atoms with van der Waals surface area (Å²) in [5.41, 5.74) is 2.89. The lowest BCUT2D eigenvalue weighted by molar-refractivity contribution is 1.83. The Morgan fingerprint density at radius 2 is 1.67 bits per heavy atom. The van der Waals surface area contributed by atoms with Crippen LogP contribution in [0.1, 0.15) is 0 Å². The molecule has 1 nitrogen and oxygen atoms in total. The van der Waals surface area contributed by atoms with Crippen LogP contribution in [0, 0.1) is 6.57 Å². The zero-order valence-electron chi connectivity index (χ0n) is 6.49. The molecule has 12 heavy (non-hydrogen) atoms. The fourth-order valence-electron chi connectivity index (χ4n) is 1.31. The van der Waals surface area contributed by atoms with Crippen molar-refractivity contribution in [3.05, 3.63) is 53.9 Å². The Balaban J connectivity index is 2.79. The lowest BCUT2D eigenvalue weighted by Gasteiger charge is -1.91. The lowest BCUT2D eigenvalue weighted by Crippen LogP contribution is -1.63. The number of rotatable bonds is 0. The summed E-state index contributed by atoms with van der Waals surface area (Å²) in [6.45, 7) is 6.97. The van der Waals surface area contributed by atoms with Gasteiger partial charge in [-0.15, -0.1) is 0 Å². The van der Waals surface area contributed by atoms with E-state index < -0.39 is 0 Å². The number of hydrogen-bond acceptors (Lipinski definition) is 0. The Morgan fingerprint density at radius 1 is 0.917 bits per heavy atom. The van der Waals surface area contributed by atoms with Crippen molar-refractivity contribution < 1.29 is 0 Å². The molecule has 2 aliphatic carbocycles. The van der Waals surface area contributed by atoms with Crippen molar-refractivity contribution >= 4 is 5.69 Å². The summed E-state index contributed by atoms with van der Waals surface area (Å²) in [5, 5.41) is 0. The zero-order chi connectivity index (χ0) is 8.39. The Labute approximate surface area is 71.4 Å². The van der Waals surface area contributed by atoms with Gasteiger partial charge in [0, 0.05) is 0 Å². The van der Waals surface area contributed by atoms with E-state index in [0.717, 1.165) is 16.8 Å². The summed E-state index contributed by atoms with van der Waals surface area (Å²) in [6.07, 6.45) is 0. The second kappa shape index (κ2) is 2.67. The minimum Gasteiger partial charge on any atom is -0.238 e. The first kappa shape index (κ1) is 6.87. The van der Waals surface area contributed by atoms with Crippen LogP contribution in [0.3, 0.4) is 0 Å². The molecular weight excluding hydrogens is 146 g/mol. The molecule has 0 amide bonds. The maximum Gasteiger partial charge on any atom is 0.194 e. The summed E-state index contributed by atoms with van der Waals surface area (Å²) >= 11 is 0. The van der Waals surface area contributed by atoms with Crippen LogP contribution in [0.25, 0.3) is 16.0 Å². The molecule has 0 fully saturated rings. The highest BCUT2D eigenvalue weighted by Crippen LogP contribution is 2.31. The normalized spacial score (nSPS) is 9.58. The molecule has 0 spiro atoms. The maximum atomic E-state index is 6.97. The van der Waals surface area contributed by atoms with E-state index in [1.165, 1.54) is 0 Å². The van der Waals surface area contributed by atoms with Gasteiger partial charge in [-0.2, -0.15) is 0 Å². The molecule has 0 aromatic carbocycles.